The van der Waals surface area contributed by atoms with Gasteiger partial charge in [-0.1, -0.05) is 0 Å². The molecular weight excluding hydrogens is 222 g/mol. The van der Waals surface area contributed by atoms with Gasteiger partial charge in [0, 0.05) is 6.07 Å². The second-order valence-electron chi connectivity index (χ2n) is 3.35. The number of nitrogens with two attached hydrogens (primary N) is 1. The van der Waals surface area contributed by atoms with Crippen molar-refractivity contribution in [3.63, 3.8) is 0 Å². The van der Waals surface area contributed by atoms with E-state index in [2.05, 4.69) is 30.1 Å². The molecule has 3 aromatic rings. The molecule has 8 nitrogen and oxygen atoms in total. The lowest BCUT2D eigenvalue weighted by molar-refractivity contribution is 0.985. The summed E-state index contributed by atoms with van der Waals surface area (Å²) in [6, 6.07) is 2.92. The normalized spacial score (nSPS) is 10.8. The molecule has 0 aliphatic carbocycles. The molecule has 3 aromatic heterocycles. The minimum atomic E-state index is -0.274. The van der Waals surface area contributed by atoms with Crippen LogP contribution in [0.5, 0.6) is 0 Å². The van der Waals surface area contributed by atoms with Crippen molar-refractivity contribution in [2.45, 2.75) is 0 Å². The zero-order valence-corrected chi connectivity index (χ0v) is 8.51. The Hall–Kier alpha value is -2.77. The topological polar surface area (TPSA) is 126 Å². The van der Waals surface area contributed by atoms with Crippen LogP contribution in [-0.4, -0.2) is 30.1 Å². The molecule has 0 saturated heterocycles. The van der Waals surface area contributed by atoms with Crippen molar-refractivity contribution >= 4 is 17.0 Å². The third-order valence-electron chi connectivity index (χ3n) is 2.24. The van der Waals surface area contributed by atoms with Crippen LogP contribution in [0.25, 0.3) is 22.7 Å². The van der Waals surface area contributed by atoms with E-state index in [4.69, 9.17) is 5.73 Å². The molecule has 0 aromatic carbocycles. The van der Waals surface area contributed by atoms with E-state index >= 15 is 0 Å². The smallest absolute Gasteiger partial charge is 0.264 e. The van der Waals surface area contributed by atoms with Crippen molar-refractivity contribution in [3.8, 4) is 11.5 Å². The average Bonchev–Trinajstić information content (AvgIpc) is 2.75. The minimum absolute atomic E-state index is 0.274. The Bertz CT molecular complexity index is 724. The van der Waals surface area contributed by atoms with Crippen LogP contribution in [0.2, 0.25) is 0 Å². The Morgan fingerprint density at radius 3 is 2.82 bits per heavy atom. The Labute approximate surface area is 93.9 Å². The summed E-state index contributed by atoms with van der Waals surface area (Å²) in [5.74, 6) is 0.793. The first-order chi connectivity index (χ1) is 8.24. The fraction of sp³-hybridized carbons (Fsp3) is 0. The molecule has 0 spiro atoms. The van der Waals surface area contributed by atoms with E-state index in [9.17, 15) is 4.79 Å². The molecule has 0 bridgehead atoms. The molecule has 0 aliphatic heterocycles. The molecule has 3 heterocycles. The maximum absolute atomic E-state index is 10.9. The molecule has 0 amide bonds. The van der Waals surface area contributed by atoms with E-state index < -0.39 is 0 Å². The van der Waals surface area contributed by atoms with E-state index in [1.807, 2.05) is 0 Å². The summed E-state index contributed by atoms with van der Waals surface area (Å²) >= 11 is 0. The highest BCUT2D eigenvalue weighted by molar-refractivity contribution is 5.83. The fourth-order valence-electron chi connectivity index (χ4n) is 1.44. The van der Waals surface area contributed by atoms with E-state index in [0.717, 1.165) is 0 Å². The number of rotatable bonds is 1. The minimum Gasteiger partial charge on any atom is -0.382 e. The Morgan fingerprint density at radius 1 is 1.24 bits per heavy atom. The van der Waals surface area contributed by atoms with Crippen LogP contribution in [0, 0.1) is 0 Å². The number of nitrogen functional groups attached to an aromatic ring is 1. The third-order valence-corrected chi connectivity index (χ3v) is 2.24. The summed E-state index contributed by atoms with van der Waals surface area (Å²) in [4.78, 5) is 25.9. The van der Waals surface area contributed by atoms with Gasteiger partial charge in [-0.05, 0) is 6.07 Å². The van der Waals surface area contributed by atoms with Crippen LogP contribution in [0.1, 0.15) is 0 Å². The van der Waals surface area contributed by atoms with Gasteiger partial charge in [0.2, 0.25) is 0 Å². The number of anilines is 1. The van der Waals surface area contributed by atoms with Gasteiger partial charge < -0.3 is 10.7 Å². The highest BCUT2D eigenvalue weighted by Gasteiger charge is 2.09. The first-order valence-electron chi connectivity index (χ1n) is 4.76. The number of aromatic amines is 2. The molecule has 3 rings (SSSR count). The van der Waals surface area contributed by atoms with Gasteiger partial charge in [0.15, 0.2) is 17.3 Å². The summed E-state index contributed by atoms with van der Waals surface area (Å²) in [6.07, 6.45) is 1.34. The summed E-state index contributed by atoms with van der Waals surface area (Å²) in [5.41, 5.74) is 6.91. The van der Waals surface area contributed by atoms with Gasteiger partial charge in [0.25, 0.3) is 5.56 Å². The zero-order valence-electron chi connectivity index (χ0n) is 8.51. The standard InChI is InChI=1S/C9H7N7O/c10-7-6-9(12-3-11-7)14-8(13-6)4-1-2-5(17)16-15-4/h1-3H,(H,16,17)(H3,10,11,12,13,14). The largest absolute Gasteiger partial charge is 0.382 e. The summed E-state index contributed by atoms with van der Waals surface area (Å²) in [6.45, 7) is 0. The van der Waals surface area contributed by atoms with Crippen LogP contribution >= 0.6 is 0 Å². The van der Waals surface area contributed by atoms with Gasteiger partial charge >= 0.3 is 0 Å². The third kappa shape index (κ3) is 1.51. The molecule has 0 fully saturated rings. The van der Waals surface area contributed by atoms with E-state index in [0.29, 0.717) is 28.5 Å². The van der Waals surface area contributed by atoms with Crippen LogP contribution in [0.15, 0.2) is 23.3 Å². The number of fused-ring (bicyclic) bond motifs is 1. The quantitative estimate of drug-likeness (QED) is 0.525. The average molecular weight is 229 g/mol. The molecule has 17 heavy (non-hydrogen) atoms. The van der Waals surface area contributed by atoms with Gasteiger partial charge in [-0.2, -0.15) is 5.10 Å². The van der Waals surface area contributed by atoms with Crippen molar-refractivity contribution in [2.75, 3.05) is 5.73 Å². The van der Waals surface area contributed by atoms with Crippen LogP contribution in [0.4, 0.5) is 5.82 Å². The highest BCUT2D eigenvalue weighted by atomic mass is 16.1. The van der Waals surface area contributed by atoms with Gasteiger partial charge in [0.1, 0.15) is 17.5 Å². The summed E-state index contributed by atoms with van der Waals surface area (Å²) in [7, 11) is 0. The predicted octanol–water partition coefficient (Wildman–Crippen LogP) is -0.315. The first-order valence-corrected chi connectivity index (χ1v) is 4.76. The molecule has 0 unspecified atom stereocenters. The van der Waals surface area contributed by atoms with Crippen molar-refractivity contribution in [1.29, 1.82) is 0 Å². The molecule has 0 radical (unpaired) electrons. The van der Waals surface area contributed by atoms with Gasteiger partial charge in [-0.3, -0.25) is 4.79 Å². The van der Waals surface area contributed by atoms with Crippen LogP contribution < -0.4 is 11.3 Å². The Balaban J connectivity index is 2.21. The molecular formula is C9H7N7O. The van der Waals surface area contributed by atoms with Crippen molar-refractivity contribution < 1.29 is 0 Å². The highest BCUT2D eigenvalue weighted by Crippen LogP contribution is 2.18. The second-order valence-corrected chi connectivity index (χ2v) is 3.35. The lowest BCUT2D eigenvalue weighted by Gasteiger charge is -1.92. The van der Waals surface area contributed by atoms with Crippen LogP contribution in [-0.2, 0) is 0 Å². The van der Waals surface area contributed by atoms with Gasteiger partial charge in [-0.25, -0.2) is 20.1 Å². The predicted molar refractivity (Wildman–Crippen MR) is 59.9 cm³/mol. The molecule has 0 saturated carbocycles. The molecule has 84 valence electrons. The van der Waals surface area contributed by atoms with Crippen molar-refractivity contribution in [2.24, 2.45) is 0 Å². The van der Waals surface area contributed by atoms with E-state index in [1.165, 1.54) is 12.4 Å². The lowest BCUT2D eigenvalue weighted by atomic mass is 10.4. The molecule has 4 N–H and O–H groups in total. The number of hydrogen-bond acceptors (Lipinski definition) is 6. The zero-order chi connectivity index (χ0) is 11.8. The van der Waals surface area contributed by atoms with E-state index in [-0.39, 0.29) is 5.56 Å². The number of aromatic nitrogens is 6. The monoisotopic (exact) mass is 229 g/mol. The molecule has 8 heteroatoms. The van der Waals surface area contributed by atoms with Gasteiger partial charge in [-0.15, -0.1) is 0 Å². The number of nitrogens with one attached hydrogen (secondary N) is 2. The maximum atomic E-state index is 10.9. The lowest BCUT2D eigenvalue weighted by Crippen LogP contribution is -2.05. The van der Waals surface area contributed by atoms with Crippen LogP contribution in [0.3, 0.4) is 0 Å². The Morgan fingerprint density at radius 2 is 2.12 bits per heavy atom. The van der Waals surface area contributed by atoms with E-state index in [1.54, 1.807) is 6.07 Å². The van der Waals surface area contributed by atoms with Crippen molar-refractivity contribution in [1.82, 2.24) is 30.1 Å². The number of imidazole rings is 1. The fourth-order valence-corrected chi connectivity index (χ4v) is 1.44. The SMILES string of the molecule is Nc1ncnc2nc(-c3ccc(=O)[nH]n3)[nH]c12. The number of H-pyrrole nitrogens is 2. The summed E-state index contributed by atoms with van der Waals surface area (Å²) in [5, 5.41) is 6.18. The Kier molecular flexibility index (Phi) is 1.87. The van der Waals surface area contributed by atoms with Gasteiger partial charge in [0.05, 0.1) is 0 Å². The first kappa shape index (κ1) is 9.46. The maximum Gasteiger partial charge on any atom is 0.264 e. The molecule has 0 aliphatic rings. The number of hydrogen-bond donors (Lipinski definition) is 3. The summed E-state index contributed by atoms with van der Waals surface area (Å²) < 4.78 is 0. The molecule has 0 atom stereocenters. The number of nitrogens with zero attached hydrogens (tertiary/aromatic N) is 4. The van der Waals surface area contributed by atoms with Crippen molar-refractivity contribution in [3.05, 3.63) is 28.8 Å². The second kappa shape index (κ2) is 3.37.